The summed E-state index contributed by atoms with van der Waals surface area (Å²) in [5, 5.41) is 7.08. The van der Waals surface area contributed by atoms with Crippen LogP contribution in [0.2, 0.25) is 0 Å². The second kappa shape index (κ2) is 9.03. The van der Waals surface area contributed by atoms with E-state index < -0.39 is 0 Å². The first-order chi connectivity index (χ1) is 14.6. The third-order valence-corrected chi connectivity index (χ3v) is 5.82. The van der Waals surface area contributed by atoms with E-state index in [4.69, 9.17) is 0 Å². The molecule has 154 valence electrons. The summed E-state index contributed by atoms with van der Waals surface area (Å²) < 4.78 is 1.75. The van der Waals surface area contributed by atoms with Crippen LogP contribution in [0, 0.1) is 5.92 Å². The van der Waals surface area contributed by atoms with E-state index in [2.05, 4.69) is 15.4 Å². The number of Topliss-reactive ketones (excluding diaryl/α,β-unsaturated/α-hetero) is 1. The van der Waals surface area contributed by atoms with Gasteiger partial charge >= 0.3 is 0 Å². The first-order valence-electron chi connectivity index (χ1n) is 10.4. The van der Waals surface area contributed by atoms with E-state index in [0.29, 0.717) is 12.3 Å². The molecule has 0 unspecified atom stereocenters. The molecule has 3 aromatic rings. The maximum absolute atomic E-state index is 12.7. The minimum atomic E-state index is -0.262. The zero-order valence-electron chi connectivity index (χ0n) is 17.1. The standard InChI is InChI=1S/C24H26N4O2/c1-17(20-9-5-18(6-10-20)13-21-3-2-4-23(21)29)24(30)27-22-11-7-19(8-12-22)14-28-16-25-15-26-28/h5-12,15-17,21H,2-4,13-14H2,1H3,(H,27,30)/t17-,21+/m1/s1. The molecule has 0 aliphatic heterocycles. The fourth-order valence-corrected chi connectivity index (χ4v) is 3.93. The quantitative estimate of drug-likeness (QED) is 0.648. The van der Waals surface area contributed by atoms with Gasteiger partial charge in [-0.05, 0) is 55.0 Å². The normalized spacial score (nSPS) is 17.1. The van der Waals surface area contributed by atoms with Crippen LogP contribution in [0.1, 0.15) is 48.8 Å². The van der Waals surface area contributed by atoms with Crippen LogP contribution in [-0.4, -0.2) is 26.5 Å². The molecule has 1 saturated carbocycles. The molecule has 1 aliphatic carbocycles. The number of hydrogen-bond acceptors (Lipinski definition) is 4. The Morgan fingerprint density at radius 3 is 2.50 bits per heavy atom. The van der Waals surface area contributed by atoms with Gasteiger partial charge in [0.2, 0.25) is 5.91 Å². The minimum absolute atomic E-state index is 0.0438. The van der Waals surface area contributed by atoms with Gasteiger partial charge in [0, 0.05) is 18.0 Å². The molecule has 0 saturated heterocycles. The number of anilines is 1. The molecule has 2 aromatic carbocycles. The van der Waals surface area contributed by atoms with Crippen LogP contribution in [0.5, 0.6) is 0 Å². The third-order valence-electron chi connectivity index (χ3n) is 5.82. The molecule has 0 bridgehead atoms. The summed E-state index contributed by atoms with van der Waals surface area (Å²) in [5.41, 5.74) is 3.99. The van der Waals surface area contributed by atoms with E-state index in [-0.39, 0.29) is 17.7 Å². The number of aromatic nitrogens is 3. The number of ketones is 1. The van der Waals surface area contributed by atoms with Crippen molar-refractivity contribution in [3.8, 4) is 0 Å². The second-order valence-electron chi connectivity index (χ2n) is 8.00. The van der Waals surface area contributed by atoms with Gasteiger partial charge in [0.25, 0.3) is 0 Å². The summed E-state index contributed by atoms with van der Waals surface area (Å²) in [6, 6.07) is 15.8. The van der Waals surface area contributed by atoms with Crippen molar-refractivity contribution in [2.45, 2.75) is 45.1 Å². The summed E-state index contributed by atoms with van der Waals surface area (Å²) in [6.07, 6.45) is 6.73. The Kier molecular flexibility index (Phi) is 6.02. The van der Waals surface area contributed by atoms with Gasteiger partial charge in [0.1, 0.15) is 18.4 Å². The monoisotopic (exact) mass is 402 g/mol. The van der Waals surface area contributed by atoms with Crippen molar-refractivity contribution in [3.05, 3.63) is 77.9 Å². The Balaban J connectivity index is 1.33. The number of benzene rings is 2. The smallest absolute Gasteiger partial charge is 0.231 e. The van der Waals surface area contributed by atoms with Gasteiger partial charge < -0.3 is 5.32 Å². The first kappa shape index (κ1) is 20.0. The van der Waals surface area contributed by atoms with Crippen molar-refractivity contribution >= 4 is 17.4 Å². The molecule has 30 heavy (non-hydrogen) atoms. The van der Waals surface area contributed by atoms with E-state index in [1.54, 1.807) is 11.0 Å². The van der Waals surface area contributed by atoms with Crippen molar-refractivity contribution in [3.63, 3.8) is 0 Å². The average Bonchev–Trinajstić information content (AvgIpc) is 3.41. The van der Waals surface area contributed by atoms with Gasteiger partial charge in [-0.2, -0.15) is 5.10 Å². The summed E-state index contributed by atoms with van der Waals surface area (Å²) in [5.74, 6) is 0.253. The minimum Gasteiger partial charge on any atom is -0.326 e. The zero-order chi connectivity index (χ0) is 20.9. The van der Waals surface area contributed by atoms with Crippen LogP contribution in [0.4, 0.5) is 5.69 Å². The van der Waals surface area contributed by atoms with Crippen LogP contribution in [0.15, 0.2) is 61.2 Å². The zero-order valence-corrected chi connectivity index (χ0v) is 17.1. The fourth-order valence-electron chi connectivity index (χ4n) is 3.93. The lowest BCUT2D eigenvalue weighted by molar-refractivity contribution is -0.120. The number of nitrogens with one attached hydrogen (secondary N) is 1. The molecule has 1 N–H and O–H groups in total. The maximum Gasteiger partial charge on any atom is 0.231 e. The number of hydrogen-bond donors (Lipinski definition) is 1. The van der Waals surface area contributed by atoms with E-state index in [9.17, 15) is 9.59 Å². The van der Waals surface area contributed by atoms with E-state index in [1.165, 1.54) is 6.33 Å². The highest BCUT2D eigenvalue weighted by atomic mass is 16.2. The van der Waals surface area contributed by atoms with Crippen molar-refractivity contribution in [2.75, 3.05) is 5.32 Å². The molecule has 0 spiro atoms. The number of carbonyl (C=O) groups is 2. The highest BCUT2D eigenvalue weighted by Crippen LogP contribution is 2.26. The highest BCUT2D eigenvalue weighted by molar-refractivity contribution is 5.95. The van der Waals surface area contributed by atoms with Crippen molar-refractivity contribution < 1.29 is 9.59 Å². The predicted octanol–water partition coefficient (Wildman–Crippen LogP) is 3.98. The molecule has 1 aromatic heterocycles. The van der Waals surface area contributed by atoms with Gasteiger partial charge in [-0.25, -0.2) is 9.67 Å². The SMILES string of the molecule is C[C@@H](C(=O)Nc1ccc(Cn2cncn2)cc1)c1ccc(C[C@@H]2CCCC2=O)cc1. The van der Waals surface area contributed by atoms with Gasteiger partial charge in [-0.1, -0.05) is 36.4 Å². The Bertz CT molecular complexity index is 995. The summed E-state index contributed by atoms with van der Waals surface area (Å²) in [4.78, 5) is 28.5. The molecule has 1 fully saturated rings. The van der Waals surface area contributed by atoms with Crippen LogP contribution in [0.25, 0.3) is 0 Å². The van der Waals surface area contributed by atoms with Crippen LogP contribution >= 0.6 is 0 Å². The molecule has 1 heterocycles. The molecule has 1 aliphatic rings. The van der Waals surface area contributed by atoms with Crippen molar-refractivity contribution in [1.82, 2.24) is 14.8 Å². The molecule has 6 heteroatoms. The van der Waals surface area contributed by atoms with E-state index >= 15 is 0 Å². The van der Waals surface area contributed by atoms with Crippen LogP contribution < -0.4 is 5.32 Å². The largest absolute Gasteiger partial charge is 0.326 e. The Morgan fingerprint density at radius 1 is 1.13 bits per heavy atom. The number of amides is 1. The molecule has 6 nitrogen and oxygen atoms in total. The van der Waals surface area contributed by atoms with Gasteiger partial charge in [-0.3, -0.25) is 9.59 Å². The Morgan fingerprint density at radius 2 is 1.87 bits per heavy atom. The maximum atomic E-state index is 12.7. The van der Waals surface area contributed by atoms with Gasteiger partial charge in [-0.15, -0.1) is 0 Å². The third kappa shape index (κ3) is 4.82. The molecular formula is C24H26N4O2. The summed E-state index contributed by atoms with van der Waals surface area (Å²) in [7, 11) is 0. The second-order valence-corrected chi connectivity index (χ2v) is 8.00. The van der Waals surface area contributed by atoms with Crippen molar-refractivity contribution in [2.24, 2.45) is 5.92 Å². The lowest BCUT2D eigenvalue weighted by Crippen LogP contribution is -2.19. The molecule has 0 radical (unpaired) electrons. The Labute approximate surface area is 176 Å². The van der Waals surface area contributed by atoms with Crippen molar-refractivity contribution in [1.29, 1.82) is 0 Å². The summed E-state index contributed by atoms with van der Waals surface area (Å²) in [6.45, 7) is 2.55. The van der Waals surface area contributed by atoms with E-state index in [0.717, 1.165) is 48.1 Å². The number of nitrogens with zero attached hydrogens (tertiary/aromatic N) is 3. The predicted molar refractivity (Wildman–Crippen MR) is 115 cm³/mol. The van der Waals surface area contributed by atoms with Crippen LogP contribution in [-0.2, 0) is 22.6 Å². The fraction of sp³-hybridized carbons (Fsp3) is 0.333. The number of rotatable bonds is 7. The van der Waals surface area contributed by atoms with E-state index in [1.807, 2.05) is 55.5 Å². The topological polar surface area (TPSA) is 76.9 Å². The lowest BCUT2D eigenvalue weighted by Gasteiger charge is -2.14. The molecular weight excluding hydrogens is 376 g/mol. The molecule has 1 amide bonds. The highest BCUT2D eigenvalue weighted by Gasteiger charge is 2.24. The summed E-state index contributed by atoms with van der Waals surface area (Å²) >= 11 is 0. The Hall–Kier alpha value is -3.28. The number of carbonyl (C=O) groups excluding carboxylic acids is 2. The first-order valence-corrected chi connectivity index (χ1v) is 10.4. The average molecular weight is 402 g/mol. The van der Waals surface area contributed by atoms with Crippen LogP contribution in [0.3, 0.4) is 0 Å². The lowest BCUT2D eigenvalue weighted by atomic mass is 9.94. The van der Waals surface area contributed by atoms with Gasteiger partial charge in [0.05, 0.1) is 12.5 Å². The molecule has 4 rings (SSSR count). The van der Waals surface area contributed by atoms with Gasteiger partial charge in [0.15, 0.2) is 0 Å². The molecule has 2 atom stereocenters.